The quantitative estimate of drug-likeness (QED) is 0.00978. The summed E-state index contributed by atoms with van der Waals surface area (Å²) in [5, 5.41) is 63.8. The number of H-pyrrole nitrogens is 1. The number of aliphatic carboxylic acids is 1. The zero-order valence-corrected chi connectivity index (χ0v) is 89.0. The second kappa shape index (κ2) is 64.0. The Labute approximate surface area is 872 Å². The first-order valence-corrected chi connectivity index (χ1v) is 51.5. The zero-order valence-electron chi connectivity index (χ0n) is 89.0. The van der Waals surface area contributed by atoms with E-state index < -0.39 is 258 Å². The molecule has 0 aliphatic carbocycles. The van der Waals surface area contributed by atoms with Gasteiger partial charge in [0, 0.05) is 69.5 Å². The Morgan fingerprint density at radius 2 is 1.13 bits per heavy atom. The molecule has 0 spiro atoms. The summed E-state index contributed by atoms with van der Waals surface area (Å²) in [6.45, 7) is 24.1. The standard InChI is InChI=1S/C106H162N20O23/c1-61(2)49-82(117-70(12)128)101(147)119-95(69(11)127)99(145)98(144)81(51-71-31-25-24-26-32-71)125-126-106(16)46-30-23-21-19-17-18-20-22-29-45-105(15,92(138)59-112-67(9)89(135)58-116-104(13,14)91(137)55-87(133)65(7)110-48-43-84(130)63(5)109-47-44-85(131)64(6)114-60-115-68(10)100(108)146)120-102(148)83(50-62(3)4)124-121-77(39-41-93(107)139)90(136)57-111-66(8)86(132)54-88(134)79(53-73-56-113-76-34-28-27-33-75(73)76)122-123-80(52-72-35-37-74(129)38-36-72)97(143)96(142)78(118-103(106)149)40-42-94(140)141/h18,20,24-28,31-38,56,61-69,77-83,95,109-116,121-127,129H,17,19,21-23,29-30,39-55,57-60H2,1-16H3,(H2,107,139)(H2,108,146)(H,117,128)(H,118,149)(H,119,147)(H,120,148)(H,140,141)/b20-18+/t63-,64-,65-,66-,67-,68+,69+,77-,78-,79-,80-,81-,82-,83-,95-,105-,106+/m0/s1. The first-order valence-electron chi connectivity index (χ1n) is 51.5. The average molecular weight is 2080 g/mol. The molecule has 43 heteroatoms. The van der Waals surface area contributed by atoms with Crippen LogP contribution in [0, 0.1) is 11.8 Å². The lowest BCUT2D eigenvalue weighted by Gasteiger charge is -2.34. The maximum atomic E-state index is 15.6. The maximum Gasteiger partial charge on any atom is 0.303 e. The highest BCUT2D eigenvalue weighted by Crippen LogP contribution is 2.25. The van der Waals surface area contributed by atoms with Crippen LogP contribution in [0.3, 0.4) is 0 Å². The third kappa shape index (κ3) is 45.1. The van der Waals surface area contributed by atoms with Gasteiger partial charge in [-0.3, -0.25) is 112 Å². The minimum Gasteiger partial charge on any atom is -0.508 e. The van der Waals surface area contributed by atoms with E-state index in [1.807, 2.05) is 26.0 Å². The number of aromatic amines is 1. The minimum atomic E-state index is -1.96. The Morgan fingerprint density at radius 1 is 0.557 bits per heavy atom. The van der Waals surface area contributed by atoms with Crippen LogP contribution in [0.5, 0.6) is 5.75 Å². The van der Waals surface area contributed by atoms with Gasteiger partial charge in [0.2, 0.25) is 58.6 Å². The number of amides is 6. The zero-order chi connectivity index (χ0) is 111. The molecule has 149 heavy (non-hydrogen) atoms. The van der Waals surface area contributed by atoms with Crippen LogP contribution in [-0.2, 0) is 115 Å². The van der Waals surface area contributed by atoms with Crippen molar-refractivity contribution < 1.29 is 111 Å². The number of aliphatic hydroxyl groups excluding tert-OH is 1. The number of carboxylic acid groups (broad SMARTS) is 1. The number of ketones is 13. The fourth-order valence-corrected chi connectivity index (χ4v) is 16.4. The summed E-state index contributed by atoms with van der Waals surface area (Å²) in [7, 11) is 0. The number of benzene rings is 3. The maximum absolute atomic E-state index is 15.6. The molecule has 17 atom stereocenters. The summed E-state index contributed by atoms with van der Waals surface area (Å²) in [6.07, 6.45) is 2.81. The predicted molar refractivity (Wildman–Crippen MR) is 559 cm³/mol. The van der Waals surface area contributed by atoms with Gasteiger partial charge in [-0.1, -0.05) is 120 Å². The molecular formula is C106H162N20O23. The number of nitrogens with two attached hydrogens (primary N) is 2. The molecular weight excluding hydrogens is 1920 g/mol. The highest BCUT2D eigenvalue weighted by molar-refractivity contribution is 6.42. The van der Waals surface area contributed by atoms with Crippen molar-refractivity contribution in [2.75, 3.05) is 39.4 Å². The largest absolute Gasteiger partial charge is 0.508 e. The number of aromatic hydroxyl groups is 1. The van der Waals surface area contributed by atoms with Crippen molar-refractivity contribution in [3.8, 4) is 5.75 Å². The second-order valence-corrected chi connectivity index (χ2v) is 40.8. The van der Waals surface area contributed by atoms with Crippen molar-refractivity contribution in [1.29, 1.82) is 0 Å². The van der Waals surface area contributed by atoms with Crippen LogP contribution in [0.2, 0.25) is 0 Å². The van der Waals surface area contributed by atoms with Gasteiger partial charge in [0.25, 0.3) is 0 Å². The van der Waals surface area contributed by atoms with E-state index in [0.29, 0.717) is 66.1 Å². The number of hydrogen-bond acceptors (Lipinski definition) is 35. The van der Waals surface area contributed by atoms with Crippen molar-refractivity contribution in [3.63, 3.8) is 0 Å². The molecule has 6 amide bonds. The van der Waals surface area contributed by atoms with E-state index in [4.69, 9.17) is 11.5 Å². The molecule has 1 aliphatic heterocycles. The van der Waals surface area contributed by atoms with Crippen molar-refractivity contribution >= 4 is 127 Å². The first kappa shape index (κ1) is 128. The Hall–Kier alpha value is -11.8. The molecule has 0 bridgehead atoms. The minimum absolute atomic E-state index is 0.0258. The highest BCUT2D eigenvalue weighted by atomic mass is 16.4. The van der Waals surface area contributed by atoms with Gasteiger partial charge in [0.1, 0.15) is 29.4 Å². The van der Waals surface area contributed by atoms with E-state index in [0.717, 1.165) is 0 Å². The summed E-state index contributed by atoms with van der Waals surface area (Å²) in [4.78, 5) is 283. The van der Waals surface area contributed by atoms with Crippen molar-refractivity contribution in [2.45, 2.75) is 359 Å². The number of Topliss-reactive ketones (excluding diaryl/α,β-unsaturated/α-hetero) is 13. The van der Waals surface area contributed by atoms with Crippen LogP contribution < -0.4 is 103 Å². The van der Waals surface area contributed by atoms with E-state index in [9.17, 15) is 87.2 Å². The summed E-state index contributed by atoms with van der Waals surface area (Å²) in [6, 6.07) is 4.00. The number of carboxylic acids is 1. The topological polar surface area (TPSA) is 674 Å². The molecule has 0 unspecified atom stereocenters. The number of phenols is 1. The summed E-state index contributed by atoms with van der Waals surface area (Å²) in [5.74, 6) is -15.9. The molecule has 0 fully saturated rings. The van der Waals surface area contributed by atoms with Gasteiger partial charge < -0.3 is 74.3 Å². The van der Waals surface area contributed by atoms with Gasteiger partial charge in [0.05, 0.1) is 116 Å². The number of aromatic nitrogens is 1. The number of primary amides is 2. The SMILES string of the molecule is CC(=O)N[C@@H](CC(C)C)C(=O)N[C@H](C(=O)C(=O)[C@H](Cc1ccccc1)NN[C@]1(C)CCCCCC/C=C/CCC[C@@](C)(C(=O)CN[C@@H](C)C(=O)CNC(C)(C)C(=O)CC(=O)[C@H](C)NCCC(=O)[C@H](C)NCCC(=O)[C@H](C)NCN[C@H](C)C(N)=O)NC(=O)[C@H](CC(C)C)NN[C@@H](CCC(N)=O)C(=O)CN[C@@H](C)C(=O)CC(=O)[C@H](Cc2c[nH]c3ccccc23)NN[C@@H](Cc2ccc(O)cc2)C(=O)C(=O)[C@H](CCC(=O)O)NC1=O)[C@@H](C)O. The van der Waals surface area contributed by atoms with Crippen LogP contribution >= 0.6 is 0 Å². The third-order valence-electron chi connectivity index (χ3n) is 26.5. The fraction of sp³-hybridized carbons (Fsp3) is 0.604. The van der Waals surface area contributed by atoms with Crippen LogP contribution in [-0.4, -0.2) is 284 Å². The number of phenolic OH excluding ortho intramolecular Hbond substituents is 1. The summed E-state index contributed by atoms with van der Waals surface area (Å²) < 4.78 is 0. The second-order valence-electron chi connectivity index (χ2n) is 40.8. The molecule has 1 aliphatic rings. The number of carbonyl (C=O) groups excluding carboxylic acids is 19. The number of aliphatic hydroxyl groups is 1. The van der Waals surface area contributed by atoms with E-state index in [1.165, 1.54) is 79.7 Å². The Kier molecular flexibility index (Phi) is 54.8. The normalized spacial score (nSPS) is 21.7. The monoisotopic (exact) mass is 2080 g/mol. The number of carbonyl (C=O) groups is 20. The van der Waals surface area contributed by atoms with Gasteiger partial charge >= 0.3 is 5.97 Å². The van der Waals surface area contributed by atoms with E-state index in [1.54, 1.807) is 102 Å². The fourth-order valence-electron chi connectivity index (χ4n) is 16.4. The number of rotatable bonds is 53. The molecule has 0 radical (unpaired) electrons. The van der Waals surface area contributed by atoms with Gasteiger partial charge in [-0.2, -0.15) is 0 Å². The lowest BCUT2D eigenvalue weighted by Crippen LogP contribution is -2.66. The molecule has 5 rings (SSSR count). The first-order chi connectivity index (χ1) is 70.1. The molecule has 824 valence electrons. The molecule has 3 aromatic carbocycles. The lowest BCUT2D eigenvalue weighted by molar-refractivity contribution is -0.143. The number of nitrogens with one attached hydrogen (secondary N) is 18. The lowest BCUT2D eigenvalue weighted by atomic mass is 9.88. The molecule has 25 N–H and O–H groups in total. The molecule has 0 saturated carbocycles. The van der Waals surface area contributed by atoms with Crippen molar-refractivity contribution in [3.05, 3.63) is 114 Å². The number of allylic oxidation sites excluding steroid dienone is 2. The van der Waals surface area contributed by atoms with E-state index >= 15 is 24.0 Å². The molecule has 2 heterocycles. The molecule has 4 aromatic rings. The summed E-state index contributed by atoms with van der Waals surface area (Å²) in [5.41, 5.74) is 25.5. The van der Waals surface area contributed by atoms with Crippen molar-refractivity contribution in [1.82, 2.24) is 96.0 Å². The number of hydrogen-bond donors (Lipinski definition) is 23. The Bertz CT molecular complexity index is 5220. The van der Waals surface area contributed by atoms with E-state index in [-0.39, 0.29) is 126 Å². The number of hydrazine groups is 3. The van der Waals surface area contributed by atoms with Crippen LogP contribution in [0.1, 0.15) is 249 Å². The predicted octanol–water partition coefficient (Wildman–Crippen LogP) is 1.46. The van der Waals surface area contributed by atoms with Gasteiger partial charge in [0.15, 0.2) is 52.0 Å². The number of fused-ring (bicyclic) bond motifs is 1. The number of para-hydroxylation sites is 1. The van der Waals surface area contributed by atoms with Crippen molar-refractivity contribution in [2.24, 2.45) is 23.3 Å². The smallest absolute Gasteiger partial charge is 0.303 e. The highest BCUT2D eigenvalue weighted by Gasteiger charge is 2.44. The average Bonchev–Trinajstić information content (AvgIpc) is 1.77. The Morgan fingerprint density at radius 3 is 1.75 bits per heavy atom. The molecule has 1 aromatic heterocycles. The van der Waals surface area contributed by atoms with Gasteiger partial charge in [-0.25, -0.2) is 32.6 Å². The molecule has 0 saturated heterocycles. The summed E-state index contributed by atoms with van der Waals surface area (Å²) >= 11 is 0. The van der Waals surface area contributed by atoms with Crippen LogP contribution in [0.15, 0.2) is 97.2 Å². The Balaban J connectivity index is 1.49. The third-order valence-corrected chi connectivity index (χ3v) is 26.5. The van der Waals surface area contributed by atoms with E-state index in [2.05, 4.69) is 96.0 Å². The molecule has 43 nitrogen and oxygen atoms in total. The van der Waals surface area contributed by atoms with Gasteiger partial charge in [-0.05, 0) is 206 Å². The van der Waals surface area contributed by atoms with Crippen LogP contribution in [0.4, 0.5) is 0 Å². The van der Waals surface area contributed by atoms with Crippen LogP contribution in [0.25, 0.3) is 10.9 Å². The van der Waals surface area contributed by atoms with Gasteiger partial charge in [-0.15, -0.1) is 0 Å².